The second-order valence-corrected chi connectivity index (χ2v) is 5.59. The number of methoxy groups -OCH3 is 2. The van der Waals surface area contributed by atoms with Crippen molar-refractivity contribution < 1.29 is 19.1 Å². The Bertz CT molecular complexity index is 521. The summed E-state index contributed by atoms with van der Waals surface area (Å²) in [7, 11) is 2.83. The van der Waals surface area contributed by atoms with Gasteiger partial charge < -0.3 is 14.8 Å². The van der Waals surface area contributed by atoms with Crippen molar-refractivity contribution in [1.29, 1.82) is 0 Å². The smallest absolute Gasteiger partial charge is 0.338 e. The molecule has 1 N–H and O–H groups in total. The third-order valence-corrected chi connectivity index (χ3v) is 4.24. The highest BCUT2D eigenvalue weighted by Gasteiger charge is 2.26. The van der Waals surface area contributed by atoms with Gasteiger partial charge >= 0.3 is 11.9 Å². The van der Waals surface area contributed by atoms with Crippen LogP contribution in [0.15, 0.2) is 24.3 Å². The minimum atomic E-state index is -0.294. The summed E-state index contributed by atoms with van der Waals surface area (Å²) in [6.45, 7) is 0.663. The minimum absolute atomic E-state index is 0.0383. The molecule has 2 rings (SSSR count). The third-order valence-electron chi connectivity index (χ3n) is 4.24. The Morgan fingerprint density at radius 2 is 1.95 bits per heavy atom. The van der Waals surface area contributed by atoms with E-state index in [1.807, 2.05) is 18.2 Å². The summed E-state index contributed by atoms with van der Waals surface area (Å²) in [6, 6.07) is 7.90. The first-order chi connectivity index (χ1) is 10.7. The van der Waals surface area contributed by atoms with E-state index in [4.69, 9.17) is 9.47 Å². The maximum Gasteiger partial charge on any atom is 0.338 e. The molecule has 1 aliphatic heterocycles. The third kappa shape index (κ3) is 4.07. The molecule has 0 radical (unpaired) electrons. The molecule has 1 saturated heterocycles. The van der Waals surface area contributed by atoms with Crippen molar-refractivity contribution in [3.63, 3.8) is 0 Å². The summed E-state index contributed by atoms with van der Waals surface area (Å²) in [5, 5.41) is 3.40. The molecule has 1 heterocycles. The summed E-state index contributed by atoms with van der Waals surface area (Å²) in [4.78, 5) is 23.2. The van der Waals surface area contributed by atoms with Crippen molar-refractivity contribution in [1.82, 2.24) is 5.32 Å². The van der Waals surface area contributed by atoms with Crippen LogP contribution >= 0.6 is 0 Å². The van der Waals surface area contributed by atoms with Gasteiger partial charge in [0.25, 0.3) is 0 Å². The predicted molar refractivity (Wildman–Crippen MR) is 82.6 cm³/mol. The molecule has 1 aliphatic rings. The second-order valence-electron chi connectivity index (χ2n) is 5.59. The molecule has 5 nitrogen and oxygen atoms in total. The lowest BCUT2D eigenvalue weighted by Crippen LogP contribution is -2.42. The zero-order valence-electron chi connectivity index (χ0n) is 13.1. The van der Waals surface area contributed by atoms with Gasteiger partial charge in [0.05, 0.1) is 25.7 Å². The predicted octanol–water partition coefficient (Wildman–Crippen LogP) is 1.95. The lowest BCUT2D eigenvalue weighted by Gasteiger charge is -2.28. The van der Waals surface area contributed by atoms with Crippen molar-refractivity contribution in [2.75, 3.05) is 20.8 Å². The van der Waals surface area contributed by atoms with Gasteiger partial charge in [0.1, 0.15) is 0 Å². The quantitative estimate of drug-likeness (QED) is 0.842. The molecule has 0 saturated carbocycles. The average molecular weight is 305 g/mol. The first-order valence-corrected chi connectivity index (χ1v) is 7.63. The number of rotatable bonds is 5. The van der Waals surface area contributed by atoms with E-state index in [9.17, 15) is 9.59 Å². The van der Waals surface area contributed by atoms with Gasteiger partial charge in [-0.05, 0) is 37.3 Å². The highest BCUT2D eigenvalue weighted by Crippen LogP contribution is 2.20. The van der Waals surface area contributed by atoms with E-state index in [0.717, 1.165) is 31.2 Å². The summed E-state index contributed by atoms with van der Waals surface area (Å²) in [5.74, 6) is -0.469. The Labute approximate surface area is 131 Å². The van der Waals surface area contributed by atoms with E-state index in [-0.39, 0.29) is 17.9 Å². The SMILES string of the molecule is COC(=O)c1ccccc1CC[C@@H]1CC[C@H](C(=O)OC)CN1. The van der Waals surface area contributed by atoms with Crippen molar-refractivity contribution >= 4 is 11.9 Å². The van der Waals surface area contributed by atoms with E-state index in [1.54, 1.807) is 6.07 Å². The Balaban J connectivity index is 1.87. The molecule has 0 amide bonds. The first-order valence-electron chi connectivity index (χ1n) is 7.63. The van der Waals surface area contributed by atoms with Crippen LogP contribution < -0.4 is 5.32 Å². The van der Waals surface area contributed by atoms with Crippen LogP contribution in [-0.2, 0) is 20.7 Å². The van der Waals surface area contributed by atoms with Gasteiger partial charge in [-0.25, -0.2) is 4.79 Å². The molecule has 0 bridgehead atoms. The summed E-state index contributed by atoms with van der Waals surface area (Å²) >= 11 is 0. The number of nitrogens with one attached hydrogen (secondary N) is 1. The molecule has 2 atom stereocenters. The van der Waals surface area contributed by atoms with Crippen LogP contribution in [0.2, 0.25) is 0 Å². The van der Waals surface area contributed by atoms with Crippen molar-refractivity contribution in [3.8, 4) is 0 Å². The van der Waals surface area contributed by atoms with Gasteiger partial charge in [0.15, 0.2) is 0 Å². The number of benzene rings is 1. The van der Waals surface area contributed by atoms with Gasteiger partial charge in [-0.2, -0.15) is 0 Å². The number of hydrogen-bond acceptors (Lipinski definition) is 5. The largest absolute Gasteiger partial charge is 0.469 e. The number of carbonyl (C=O) groups is 2. The molecule has 0 unspecified atom stereocenters. The molecular formula is C17H23NO4. The number of aryl methyl sites for hydroxylation is 1. The Kier molecular flexibility index (Phi) is 5.95. The number of ether oxygens (including phenoxy) is 2. The fourth-order valence-electron chi connectivity index (χ4n) is 2.91. The number of esters is 2. The highest BCUT2D eigenvalue weighted by molar-refractivity contribution is 5.90. The lowest BCUT2D eigenvalue weighted by atomic mass is 9.91. The normalized spacial score (nSPS) is 21.2. The summed E-state index contributed by atoms with van der Waals surface area (Å²) in [6.07, 6.45) is 3.54. The van der Waals surface area contributed by atoms with Gasteiger partial charge in [-0.3, -0.25) is 4.79 Å². The van der Waals surface area contributed by atoms with Crippen LogP contribution in [0, 0.1) is 5.92 Å². The zero-order valence-corrected chi connectivity index (χ0v) is 13.1. The number of piperidine rings is 1. The van der Waals surface area contributed by atoms with Crippen LogP contribution in [-0.4, -0.2) is 38.7 Å². The molecule has 5 heteroatoms. The van der Waals surface area contributed by atoms with Gasteiger partial charge in [0, 0.05) is 12.6 Å². The van der Waals surface area contributed by atoms with Crippen LogP contribution in [0.4, 0.5) is 0 Å². The average Bonchev–Trinajstić information content (AvgIpc) is 2.59. The maximum atomic E-state index is 11.7. The van der Waals surface area contributed by atoms with Gasteiger partial charge in [-0.15, -0.1) is 0 Å². The monoisotopic (exact) mass is 305 g/mol. The molecule has 1 fully saturated rings. The van der Waals surface area contributed by atoms with Crippen molar-refractivity contribution in [3.05, 3.63) is 35.4 Å². The topological polar surface area (TPSA) is 64.6 Å². The molecule has 22 heavy (non-hydrogen) atoms. The van der Waals surface area contributed by atoms with Crippen LogP contribution in [0.5, 0.6) is 0 Å². The van der Waals surface area contributed by atoms with Crippen LogP contribution in [0.25, 0.3) is 0 Å². The first kappa shape index (κ1) is 16.5. The van der Waals surface area contributed by atoms with E-state index in [2.05, 4.69) is 5.32 Å². The van der Waals surface area contributed by atoms with Crippen molar-refractivity contribution in [2.45, 2.75) is 31.7 Å². The molecule has 120 valence electrons. The second kappa shape index (κ2) is 7.94. The van der Waals surface area contributed by atoms with Gasteiger partial charge in [-0.1, -0.05) is 18.2 Å². The van der Waals surface area contributed by atoms with Crippen LogP contribution in [0.1, 0.15) is 35.2 Å². The number of carbonyl (C=O) groups excluding carboxylic acids is 2. The fraction of sp³-hybridized carbons (Fsp3) is 0.529. The van der Waals surface area contributed by atoms with Crippen LogP contribution in [0.3, 0.4) is 0 Å². The Hall–Kier alpha value is -1.88. The Morgan fingerprint density at radius 1 is 1.18 bits per heavy atom. The summed E-state index contributed by atoms with van der Waals surface area (Å²) in [5.41, 5.74) is 1.64. The summed E-state index contributed by atoms with van der Waals surface area (Å²) < 4.78 is 9.59. The van der Waals surface area contributed by atoms with E-state index >= 15 is 0 Å². The fourth-order valence-corrected chi connectivity index (χ4v) is 2.91. The molecule has 0 aromatic heterocycles. The number of hydrogen-bond donors (Lipinski definition) is 1. The standard InChI is InChI=1S/C17H23NO4/c1-21-16(19)13-8-10-14(18-11-13)9-7-12-5-3-4-6-15(12)17(20)22-2/h3-6,13-14,18H,7-11H2,1-2H3/t13-,14+/m0/s1. The minimum Gasteiger partial charge on any atom is -0.469 e. The maximum absolute atomic E-state index is 11.7. The van der Waals surface area contributed by atoms with E-state index in [0.29, 0.717) is 18.2 Å². The highest BCUT2D eigenvalue weighted by atomic mass is 16.5. The van der Waals surface area contributed by atoms with E-state index < -0.39 is 0 Å². The molecule has 0 spiro atoms. The molecule has 0 aliphatic carbocycles. The Morgan fingerprint density at radius 3 is 2.59 bits per heavy atom. The van der Waals surface area contributed by atoms with Crippen molar-refractivity contribution in [2.24, 2.45) is 5.92 Å². The van der Waals surface area contributed by atoms with E-state index in [1.165, 1.54) is 14.2 Å². The molecule has 1 aromatic carbocycles. The lowest BCUT2D eigenvalue weighted by molar-refractivity contribution is -0.146. The zero-order chi connectivity index (χ0) is 15.9. The molecule has 1 aromatic rings. The molecular weight excluding hydrogens is 282 g/mol. The van der Waals surface area contributed by atoms with Gasteiger partial charge in [0.2, 0.25) is 0 Å².